The molecule has 1 saturated heterocycles. The van der Waals surface area contributed by atoms with E-state index in [1.54, 1.807) is 4.90 Å². The second kappa shape index (κ2) is 9.91. The van der Waals surface area contributed by atoms with Gasteiger partial charge >= 0.3 is 6.09 Å². The van der Waals surface area contributed by atoms with E-state index in [0.29, 0.717) is 31.2 Å². The molecule has 0 aromatic carbocycles. The highest BCUT2D eigenvalue weighted by Gasteiger charge is 2.25. The standard InChI is InChI=1S/C20H35N5O3/c1-15(2)13-16-14-17(23-22-16)18(26)21-7-6-8-24-9-11-25(12-10-24)19(27)28-20(3,4)5/h14-15H,6-13H2,1-5H3,(H,21,26)(H,22,23). The molecule has 1 aromatic rings. The summed E-state index contributed by atoms with van der Waals surface area (Å²) in [5.74, 6) is 0.383. The summed E-state index contributed by atoms with van der Waals surface area (Å²) in [7, 11) is 0. The summed E-state index contributed by atoms with van der Waals surface area (Å²) in [4.78, 5) is 28.3. The summed E-state index contributed by atoms with van der Waals surface area (Å²) >= 11 is 0. The molecule has 2 N–H and O–H groups in total. The van der Waals surface area contributed by atoms with E-state index in [4.69, 9.17) is 4.74 Å². The van der Waals surface area contributed by atoms with Gasteiger partial charge in [-0.3, -0.25) is 14.8 Å². The molecule has 158 valence electrons. The molecule has 2 amide bonds. The zero-order valence-corrected chi connectivity index (χ0v) is 17.9. The van der Waals surface area contributed by atoms with Crippen LogP contribution in [0.4, 0.5) is 4.79 Å². The van der Waals surface area contributed by atoms with Crippen LogP contribution in [0, 0.1) is 5.92 Å². The number of amides is 2. The lowest BCUT2D eigenvalue weighted by Gasteiger charge is -2.35. The first kappa shape index (κ1) is 22.2. The van der Waals surface area contributed by atoms with Crippen molar-refractivity contribution < 1.29 is 14.3 Å². The number of aromatic amines is 1. The summed E-state index contributed by atoms with van der Waals surface area (Å²) in [6.45, 7) is 14.4. The zero-order chi connectivity index (χ0) is 20.7. The number of aromatic nitrogens is 2. The van der Waals surface area contributed by atoms with Gasteiger partial charge in [0.1, 0.15) is 11.3 Å². The van der Waals surface area contributed by atoms with E-state index in [1.165, 1.54) is 0 Å². The van der Waals surface area contributed by atoms with Crippen LogP contribution in [0.15, 0.2) is 6.07 Å². The number of piperazine rings is 1. The lowest BCUT2D eigenvalue weighted by Crippen LogP contribution is -2.50. The number of nitrogens with zero attached hydrogens (tertiary/aromatic N) is 3. The van der Waals surface area contributed by atoms with Gasteiger partial charge in [0.05, 0.1) is 0 Å². The van der Waals surface area contributed by atoms with E-state index in [2.05, 4.69) is 34.3 Å². The maximum Gasteiger partial charge on any atom is 0.410 e. The first-order chi connectivity index (χ1) is 13.1. The minimum Gasteiger partial charge on any atom is -0.444 e. The maximum atomic E-state index is 12.2. The Labute approximate surface area is 168 Å². The Morgan fingerprint density at radius 2 is 1.93 bits per heavy atom. The average Bonchev–Trinajstić information content (AvgIpc) is 3.05. The molecule has 2 heterocycles. The van der Waals surface area contributed by atoms with E-state index < -0.39 is 5.60 Å². The van der Waals surface area contributed by atoms with E-state index in [-0.39, 0.29) is 12.0 Å². The molecular formula is C20H35N5O3. The fraction of sp³-hybridized carbons (Fsp3) is 0.750. The van der Waals surface area contributed by atoms with Gasteiger partial charge in [-0.15, -0.1) is 0 Å². The van der Waals surface area contributed by atoms with Gasteiger partial charge in [-0.25, -0.2) is 4.79 Å². The third kappa shape index (κ3) is 7.50. The van der Waals surface area contributed by atoms with Crippen molar-refractivity contribution >= 4 is 12.0 Å². The van der Waals surface area contributed by atoms with Crippen molar-refractivity contribution in [2.45, 2.75) is 53.1 Å². The Morgan fingerprint density at radius 1 is 1.25 bits per heavy atom. The summed E-state index contributed by atoms with van der Waals surface area (Å²) < 4.78 is 5.41. The number of nitrogens with one attached hydrogen (secondary N) is 2. The molecule has 1 fully saturated rings. The van der Waals surface area contributed by atoms with Crippen LogP contribution in [0.1, 0.15) is 57.2 Å². The predicted octanol–water partition coefficient (Wildman–Crippen LogP) is 2.28. The summed E-state index contributed by atoms with van der Waals surface area (Å²) in [5.41, 5.74) is 0.973. The van der Waals surface area contributed by atoms with Crippen LogP contribution in [0.3, 0.4) is 0 Å². The van der Waals surface area contributed by atoms with Crippen molar-refractivity contribution in [3.8, 4) is 0 Å². The summed E-state index contributed by atoms with van der Waals surface area (Å²) in [5, 5.41) is 9.94. The lowest BCUT2D eigenvalue weighted by molar-refractivity contribution is 0.0144. The Balaban J connectivity index is 1.62. The van der Waals surface area contributed by atoms with Crippen molar-refractivity contribution in [3.05, 3.63) is 17.5 Å². The fourth-order valence-corrected chi connectivity index (χ4v) is 3.10. The fourth-order valence-electron chi connectivity index (χ4n) is 3.10. The van der Waals surface area contributed by atoms with E-state index >= 15 is 0 Å². The molecule has 0 spiro atoms. The normalized spacial score (nSPS) is 15.7. The highest BCUT2D eigenvalue weighted by molar-refractivity contribution is 5.92. The molecule has 1 aromatic heterocycles. The molecule has 0 saturated carbocycles. The van der Waals surface area contributed by atoms with Gasteiger partial charge in [0.2, 0.25) is 0 Å². The molecule has 0 aliphatic carbocycles. The minimum absolute atomic E-state index is 0.138. The van der Waals surface area contributed by atoms with Crippen LogP contribution in [0.25, 0.3) is 0 Å². The molecule has 2 rings (SSSR count). The molecular weight excluding hydrogens is 358 g/mol. The molecule has 0 bridgehead atoms. The van der Waals surface area contributed by atoms with E-state index in [0.717, 1.165) is 38.2 Å². The van der Waals surface area contributed by atoms with Crippen LogP contribution >= 0.6 is 0 Å². The van der Waals surface area contributed by atoms with Crippen LogP contribution < -0.4 is 5.32 Å². The molecule has 8 heteroatoms. The van der Waals surface area contributed by atoms with Crippen molar-refractivity contribution in [2.75, 3.05) is 39.3 Å². The van der Waals surface area contributed by atoms with Gasteiger partial charge in [-0.1, -0.05) is 13.8 Å². The number of hydrogen-bond acceptors (Lipinski definition) is 5. The highest BCUT2D eigenvalue weighted by atomic mass is 16.6. The second-order valence-corrected chi connectivity index (χ2v) is 8.79. The molecule has 0 atom stereocenters. The van der Waals surface area contributed by atoms with Gasteiger partial charge in [0, 0.05) is 38.4 Å². The topological polar surface area (TPSA) is 90.6 Å². The number of ether oxygens (including phenoxy) is 1. The van der Waals surface area contributed by atoms with E-state index in [1.807, 2.05) is 26.8 Å². The zero-order valence-electron chi connectivity index (χ0n) is 17.9. The van der Waals surface area contributed by atoms with Gasteiger partial charge in [-0.2, -0.15) is 5.10 Å². The van der Waals surface area contributed by atoms with Crippen LogP contribution in [0.5, 0.6) is 0 Å². The molecule has 8 nitrogen and oxygen atoms in total. The quantitative estimate of drug-likeness (QED) is 0.694. The third-order valence-corrected chi connectivity index (χ3v) is 4.45. The van der Waals surface area contributed by atoms with Gasteiger partial charge in [0.25, 0.3) is 5.91 Å². The SMILES string of the molecule is CC(C)Cc1cc(C(=O)NCCCN2CCN(C(=O)OC(C)(C)C)CC2)n[nH]1. The third-order valence-electron chi connectivity index (χ3n) is 4.45. The van der Waals surface area contributed by atoms with Gasteiger partial charge in [0.15, 0.2) is 0 Å². The Hall–Kier alpha value is -2.09. The molecule has 28 heavy (non-hydrogen) atoms. The number of rotatable bonds is 7. The van der Waals surface area contributed by atoms with Crippen molar-refractivity contribution in [1.29, 1.82) is 0 Å². The van der Waals surface area contributed by atoms with Crippen LogP contribution in [-0.4, -0.2) is 76.9 Å². The molecule has 1 aliphatic rings. The molecule has 0 unspecified atom stereocenters. The summed E-state index contributed by atoms with van der Waals surface area (Å²) in [6.07, 6.45) is 1.51. The first-order valence-electron chi connectivity index (χ1n) is 10.2. The average molecular weight is 394 g/mol. The van der Waals surface area contributed by atoms with Gasteiger partial charge < -0.3 is 15.0 Å². The summed E-state index contributed by atoms with van der Waals surface area (Å²) in [6, 6.07) is 1.82. The Bertz CT molecular complexity index is 643. The van der Waals surface area contributed by atoms with Crippen LogP contribution in [-0.2, 0) is 11.2 Å². The number of hydrogen-bond donors (Lipinski definition) is 2. The Kier molecular flexibility index (Phi) is 7.86. The van der Waals surface area contributed by atoms with E-state index in [9.17, 15) is 9.59 Å². The van der Waals surface area contributed by atoms with Crippen LogP contribution in [0.2, 0.25) is 0 Å². The van der Waals surface area contributed by atoms with Crippen molar-refractivity contribution in [2.24, 2.45) is 5.92 Å². The second-order valence-electron chi connectivity index (χ2n) is 8.79. The van der Waals surface area contributed by atoms with Crippen molar-refractivity contribution in [3.63, 3.8) is 0 Å². The van der Waals surface area contributed by atoms with Gasteiger partial charge in [-0.05, 0) is 52.1 Å². The number of carbonyl (C=O) groups excluding carboxylic acids is 2. The smallest absolute Gasteiger partial charge is 0.410 e. The Morgan fingerprint density at radius 3 is 2.54 bits per heavy atom. The monoisotopic (exact) mass is 393 g/mol. The van der Waals surface area contributed by atoms with Crippen molar-refractivity contribution in [1.82, 2.24) is 25.3 Å². The minimum atomic E-state index is -0.462. The lowest BCUT2D eigenvalue weighted by atomic mass is 10.1. The maximum absolute atomic E-state index is 12.2. The highest BCUT2D eigenvalue weighted by Crippen LogP contribution is 2.12. The molecule has 0 radical (unpaired) electrons. The largest absolute Gasteiger partial charge is 0.444 e. The first-order valence-corrected chi connectivity index (χ1v) is 10.2. The predicted molar refractivity (Wildman–Crippen MR) is 108 cm³/mol. The molecule has 1 aliphatic heterocycles. The number of carbonyl (C=O) groups is 2. The number of H-pyrrole nitrogens is 1.